The largest absolute Gasteiger partial charge is 0.394 e. The third-order valence-corrected chi connectivity index (χ3v) is 4.12. The van der Waals surface area contributed by atoms with Gasteiger partial charge < -0.3 is 19.9 Å². The Bertz CT molecular complexity index is 283. The molecule has 19 heavy (non-hydrogen) atoms. The number of hydrogen-bond acceptors (Lipinski definition) is 4. The average molecular weight is 271 g/mol. The summed E-state index contributed by atoms with van der Waals surface area (Å²) in [7, 11) is 0. The van der Waals surface area contributed by atoms with E-state index in [2.05, 4.69) is 5.32 Å². The summed E-state index contributed by atoms with van der Waals surface area (Å²) in [4.78, 5) is 12.0. The van der Waals surface area contributed by atoms with Crippen LogP contribution in [0.15, 0.2) is 0 Å². The minimum absolute atomic E-state index is 0.0119. The van der Waals surface area contributed by atoms with Crippen molar-refractivity contribution in [3.05, 3.63) is 0 Å². The Morgan fingerprint density at radius 2 is 2.05 bits per heavy atom. The Balaban J connectivity index is 1.72. The van der Waals surface area contributed by atoms with Crippen molar-refractivity contribution < 1.29 is 19.4 Å². The fraction of sp³-hybridized carbons (Fsp3) is 0.929. The van der Waals surface area contributed by atoms with Crippen LogP contribution in [0.4, 0.5) is 0 Å². The molecular formula is C14H25NO4. The van der Waals surface area contributed by atoms with E-state index in [0.29, 0.717) is 32.5 Å². The summed E-state index contributed by atoms with van der Waals surface area (Å²) in [6.07, 6.45) is 6.27. The van der Waals surface area contributed by atoms with Crippen molar-refractivity contribution >= 4 is 5.91 Å². The molecule has 2 aliphatic rings. The normalized spacial score (nSPS) is 26.9. The first-order valence-electron chi connectivity index (χ1n) is 7.35. The Hall–Kier alpha value is -0.650. The molecule has 1 atom stereocenters. The first kappa shape index (κ1) is 14.8. The molecule has 0 bridgehead atoms. The van der Waals surface area contributed by atoms with Crippen molar-refractivity contribution in [2.45, 2.75) is 56.6 Å². The van der Waals surface area contributed by atoms with E-state index in [-0.39, 0.29) is 18.6 Å². The second kappa shape index (κ2) is 7.22. The van der Waals surface area contributed by atoms with Crippen LogP contribution in [0.1, 0.15) is 44.9 Å². The number of ether oxygens (including phenoxy) is 2. The molecule has 0 spiro atoms. The zero-order valence-corrected chi connectivity index (χ0v) is 11.5. The van der Waals surface area contributed by atoms with Crippen LogP contribution < -0.4 is 5.32 Å². The van der Waals surface area contributed by atoms with Crippen LogP contribution in [0.25, 0.3) is 0 Å². The van der Waals surface area contributed by atoms with Gasteiger partial charge in [0.2, 0.25) is 5.91 Å². The second-order valence-electron chi connectivity index (χ2n) is 5.63. The van der Waals surface area contributed by atoms with E-state index in [1.54, 1.807) is 0 Å². The number of amides is 1. The molecule has 0 saturated carbocycles. The summed E-state index contributed by atoms with van der Waals surface area (Å²) in [6.45, 7) is 2.02. The van der Waals surface area contributed by atoms with E-state index < -0.39 is 5.54 Å². The van der Waals surface area contributed by atoms with Gasteiger partial charge in [-0.3, -0.25) is 4.79 Å². The minimum Gasteiger partial charge on any atom is -0.394 e. The third-order valence-electron chi connectivity index (χ3n) is 4.12. The number of aliphatic hydroxyl groups excluding tert-OH is 1. The summed E-state index contributed by atoms with van der Waals surface area (Å²) < 4.78 is 10.9. The minimum atomic E-state index is -0.469. The molecule has 0 aliphatic carbocycles. The molecule has 5 heteroatoms. The molecule has 0 aromatic carbocycles. The van der Waals surface area contributed by atoms with E-state index >= 15 is 0 Å². The van der Waals surface area contributed by atoms with Gasteiger partial charge in [0, 0.05) is 26.2 Å². The smallest absolute Gasteiger partial charge is 0.220 e. The van der Waals surface area contributed by atoms with Gasteiger partial charge in [0.05, 0.1) is 18.2 Å². The monoisotopic (exact) mass is 271 g/mol. The number of hydrogen-bond donors (Lipinski definition) is 2. The van der Waals surface area contributed by atoms with Gasteiger partial charge in [-0.15, -0.1) is 0 Å². The fourth-order valence-corrected chi connectivity index (χ4v) is 2.77. The molecule has 0 radical (unpaired) electrons. The lowest BCUT2D eigenvalue weighted by atomic mass is 9.90. The van der Waals surface area contributed by atoms with Crippen molar-refractivity contribution in [2.75, 3.05) is 26.4 Å². The van der Waals surface area contributed by atoms with Crippen molar-refractivity contribution in [1.82, 2.24) is 5.32 Å². The topological polar surface area (TPSA) is 67.8 Å². The molecule has 2 aliphatic heterocycles. The summed E-state index contributed by atoms with van der Waals surface area (Å²) in [6, 6.07) is 0. The van der Waals surface area contributed by atoms with Crippen LogP contribution in [0.5, 0.6) is 0 Å². The van der Waals surface area contributed by atoms with Crippen LogP contribution in [0.3, 0.4) is 0 Å². The van der Waals surface area contributed by atoms with Gasteiger partial charge in [-0.1, -0.05) is 0 Å². The molecule has 2 N–H and O–H groups in total. The lowest BCUT2D eigenvalue weighted by Gasteiger charge is -2.36. The second-order valence-corrected chi connectivity index (χ2v) is 5.63. The highest BCUT2D eigenvalue weighted by molar-refractivity contribution is 5.76. The maximum Gasteiger partial charge on any atom is 0.220 e. The lowest BCUT2D eigenvalue weighted by molar-refractivity contribution is -0.126. The molecule has 2 rings (SSSR count). The Morgan fingerprint density at radius 3 is 2.68 bits per heavy atom. The summed E-state index contributed by atoms with van der Waals surface area (Å²) in [5, 5.41) is 12.5. The van der Waals surface area contributed by atoms with Gasteiger partial charge >= 0.3 is 0 Å². The van der Waals surface area contributed by atoms with Crippen LogP contribution >= 0.6 is 0 Å². The van der Waals surface area contributed by atoms with Gasteiger partial charge in [-0.25, -0.2) is 0 Å². The Morgan fingerprint density at radius 1 is 1.26 bits per heavy atom. The first-order chi connectivity index (χ1) is 9.24. The molecule has 0 aromatic heterocycles. The quantitative estimate of drug-likeness (QED) is 0.782. The number of nitrogens with one attached hydrogen (secondary N) is 1. The standard InChI is InChI=1S/C14H25NO4/c16-11-14(6-9-18-10-7-14)15-13(17)5-4-12-3-1-2-8-19-12/h12,16H,1-11H2,(H,15,17). The molecule has 1 amide bonds. The van der Waals surface area contributed by atoms with Gasteiger partial charge in [0.15, 0.2) is 0 Å². The predicted octanol–water partition coefficient (Wildman–Crippen LogP) is 0.993. The zero-order chi connectivity index (χ0) is 13.6. The molecule has 0 aromatic rings. The van der Waals surface area contributed by atoms with Crippen molar-refractivity contribution in [1.29, 1.82) is 0 Å². The van der Waals surface area contributed by atoms with Crippen LogP contribution in [-0.2, 0) is 14.3 Å². The van der Waals surface area contributed by atoms with E-state index in [1.165, 1.54) is 6.42 Å². The van der Waals surface area contributed by atoms with Gasteiger partial charge in [-0.2, -0.15) is 0 Å². The fourth-order valence-electron chi connectivity index (χ4n) is 2.77. The molecule has 1 unspecified atom stereocenters. The van der Waals surface area contributed by atoms with E-state index in [0.717, 1.165) is 25.9 Å². The summed E-state index contributed by atoms with van der Waals surface area (Å²) in [5.41, 5.74) is -0.469. The highest BCUT2D eigenvalue weighted by Gasteiger charge is 2.33. The molecule has 2 heterocycles. The lowest BCUT2D eigenvalue weighted by Crippen LogP contribution is -2.54. The van der Waals surface area contributed by atoms with Crippen molar-refractivity contribution in [3.8, 4) is 0 Å². The summed E-state index contributed by atoms with van der Waals surface area (Å²) in [5.74, 6) is 0.0186. The SMILES string of the molecule is O=C(CCC1CCCCO1)NC1(CO)CCOCC1. The average Bonchev–Trinajstić information content (AvgIpc) is 2.47. The van der Waals surface area contributed by atoms with Crippen LogP contribution in [0, 0.1) is 0 Å². The highest BCUT2D eigenvalue weighted by Crippen LogP contribution is 2.21. The molecule has 5 nitrogen and oxygen atoms in total. The van der Waals surface area contributed by atoms with Crippen LogP contribution in [0.2, 0.25) is 0 Å². The molecular weight excluding hydrogens is 246 g/mol. The zero-order valence-electron chi connectivity index (χ0n) is 11.5. The van der Waals surface area contributed by atoms with Gasteiger partial charge in [-0.05, 0) is 38.5 Å². The summed E-state index contributed by atoms with van der Waals surface area (Å²) >= 11 is 0. The van der Waals surface area contributed by atoms with Gasteiger partial charge in [0.1, 0.15) is 0 Å². The van der Waals surface area contributed by atoms with E-state index in [9.17, 15) is 9.90 Å². The maximum atomic E-state index is 12.0. The Kier molecular flexibility index (Phi) is 5.60. The first-order valence-corrected chi connectivity index (χ1v) is 7.35. The van der Waals surface area contributed by atoms with Crippen molar-refractivity contribution in [2.24, 2.45) is 0 Å². The van der Waals surface area contributed by atoms with Crippen LogP contribution in [-0.4, -0.2) is 49.1 Å². The highest BCUT2D eigenvalue weighted by atomic mass is 16.5. The van der Waals surface area contributed by atoms with Crippen molar-refractivity contribution in [3.63, 3.8) is 0 Å². The third kappa shape index (κ3) is 4.44. The molecule has 110 valence electrons. The number of aliphatic hydroxyl groups is 1. The van der Waals surface area contributed by atoms with E-state index in [4.69, 9.17) is 9.47 Å². The van der Waals surface area contributed by atoms with E-state index in [1.807, 2.05) is 0 Å². The number of rotatable bonds is 5. The number of carbonyl (C=O) groups is 1. The number of carbonyl (C=O) groups excluding carboxylic acids is 1. The Labute approximate surface area is 114 Å². The van der Waals surface area contributed by atoms with Gasteiger partial charge in [0.25, 0.3) is 0 Å². The maximum absolute atomic E-state index is 12.0. The molecule has 2 saturated heterocycles. The predicted molar refractivity (Wildman–Crippen MR) is 70.8 cm³/mol. The molecule has 2 fully saturated rings.